The molecule has 0 spiro atoms. The van der Waals surface area contributed by atoms with Crippen LogP contribution in [0.2, 0.25) is 0 Å². The van der Waals surface area contributed by atoms with Crippen molar-refractivity contribution in [3.63, 3.8) is 0 Å². The first-order valence-electron chi connectivity index (χ1n) is 6.77. The van der Waals surface area contributed by atoms with Crippen LogP contribution in [0, 0.1) is 0 Å². The van der Waals surface area contributed by atoms with Crippen LogP contribution >= 0.6 is 0 Å². The minimum atomic E-state index is -0.0428. The molecule has 0 saturated carbocycles. The van der Waals surface area contributed by atoms with E-state index >= 15 is 0 Å². The molecular weight excluding hydrogens is 212 g/mol. The maximum atomic E-state index is 6.12. The van der Waals surface area contributed by atoms with Crippen molar-refractivity contribution in [1.29, 1.82) is 0 Å². The Labute approximate surface area is 107 Å². The Morgan fingerprint density at radius 2 is 1.59 bits per heavy atom. The van der Waals surface area contributed by atoms with Crippen molar-refractivity contribution in [3.05, 3.63) is 0 Å². The van der Waals surface area contributed by atoms with Gasteiger partial charge in [-0.25, -0.2) is 0 Å². The van der Waals surface area contributed by atoms with E-state index in [1.54, 1.807) is 0 Å². The number of nitrogens with zero attached hydrogens (tertiary/aromatic N) is 1. The first-order chi connectivity index (χ1) is 7.65. The quantitative estimate of drug-likeness (QED) is 0.818. The lowest BCUT2D eigenvalue weighted by atomic mass is 9.96. The van der Waals surface area contributed by atoms with E-state index in [0.29, 0.717) is 12.1 Å². The highest BCUT2D eigenvalue weighted by Crippen LogP contribution is 2.29. The van der Waals surface area contributed by atoms with Crippen LogP contribution in [0.15, 0.2) is 0 Å². The van der Waals surface area contributed by atoms with Crippen molar-refractivity contribution < 1.29 is 4.74 Å². The third kappa shape index (κ3) is 4.57. The average Bonchev–Trinajstić information content (AvgIpc) is 2.12. The molecule has 1 heterocycles. The smallest absolute Gasteiger partial charge is 0.0760 e. The molecule has 1 aliphatic heterocycles. The van der Waals surface area contributed by atoms with E-state index < -0.39 is 0 Å². The standard InChI is InChI=1S/C14H30N2O/c1-11(15-7)8-12(2)16-9-13(3,4)17-14(5,6)10-16/h11-12,15H,8-10H2,1-7H3. The van der Waals surface area contributed by atoms with E-state index in [1.807, 2.05) is 7.05 Å². The second kappa shape index (κ2) is 5.25. The van der Waals surface area contributed by atoms with Gasteiger partial charge in [0.15, 0.2) is 0 Å². The van der Waals surface area contributed by atoms with E-state index in [0.717, 1.165) is 13.1 Å². The highest BCUT2D eigenvalue weighted by molar-refractivity contribution is 4.91. The highest BCUT2D eigenvalue weighted by atomic mass is 16.5. The van der Waals surface area contributed by atoms with Gasteiger partial charge in [-0.3, -0.25) is 4.90 Å². The SMILES string of the molecule is CNC(C)CC(C)N1CC(C)(C)OC(C)(C)C1. The Kier molecular flexibility index (Phi) is 4.61. The Balaban J connectivity index is 2.64. The van der Waals surface area contributed by atoms with Gasteiger partial charge in [-0.05, 0) is 55.0 Å². The average molecular weight is 242 g/mol. The maximum Gasteiger partial charge on any atom is 0.0760 e. The molecule has 2 unspecified atom stereocenters. The van der Waals surface area contributed by atoms with Gasteiger partial charge < -0.3 is 10.1 Å². The van der Waals surface area contributed by atoms with E-state index in [1.165, 1.54) is 6.42 Å². The van der Waals surface area contributed by atoms with Crippen molar-refractivity contribution in [1.82, 2.24) is 10.2 Å². The van der Waals surface area contributed by atoms with Crippen molar-refractivity contribution >= 4 is 0 Å². The lowest BCUT2D eigenvalue weighted by molar-refractivity contribution is -0.187. The molecule has 0 aliphatic carbocycles. The largest absolute Gasteiger partial charge is 0.367 e. The summed E-state index contributed by atoms with van der Waals surface area (Å²) in [6.07, 6.45) is 1.18. The van der Waals surface area contributed by atoms with Gasteiger partial charge in [0.25, 0.3) is 0 Å². The summed E-state index contributed by atoms with van der Waals surface area (Å²) in [6, 6.07) is 1.17. The van der Waals surface area contributed by atoms with Crippen molar-refractivity contribution in [2.45, 2.75) is 71.2 Å². The predicted molar refractivity (Wildman–Crippen MR) is 73.4 cm³/mol. The van der Waals surface area contributed by atoms with E-state index in [2.05, 4.69) is 51.8 Å². The number of hydrogen-bond donors (Lipinski definition) is 1. The van der Waals surface area contributed by atoms with Gasteiger partial charge in [0.2, 0.25) is 0 Å². The fraction of sp³-hybridized carbons (Fsp3) is 1.00. The Morgan fingerprint density at radius 1 is 1.12 bits per heavy atom. The van der Waals surface area contributed by atoms with Gasteiger partial charge in [0, 0.05) is 25.2 Å². The van der Waals surface area contributed by atoms with Gasteiger partial charge in [0.05, 0.1) is 11.2 Å². The van der Waals surface area contributed by atoms with E-state index in [9.17, 15) is 0 Å². The number of hydrogen-bond acceptors (Lipinski definition) is 3. The molecule has 3 nitrogen and oxygen atoms in total. The first-order valence-corrected chi connectivity index (χ1v) is 6.77. The van der Waals surface area contributed by atoms with Gasteiger partial charge in [0.1, 0.15) is 0 Å². The van der Waals surface area contributed by atoms with Crippen LogP contribution in [0.1, 0.15) is 48.0 Å². The third-order valence-corrected chi connectivity index (χ3v) is 3.53. The molecule has 0 amide bonds. The zero-order chi connectivity index (χ0) is 13.3. The molecule has 1 saturated heterocycles. The molecule has 0 aromatic carbocycles. The van der Waals surface area contributed by atoms with Gasteiger partial charge in [-0.15, -0.1) is 0 Å². The van der Waals surface area contributed by atoms with Crippen LogP contribution in [0.5, 0.6) is 0 Å². The summed E-state index contributed by atoms with van der Waals surface area (Å²) in [6.45, 7) is 15.4. The predicted octanol–water partition coefficient (Wildman–Crippen LogP) is 2.26. The number of nitrogens with one attached hydrogen (secondary N) is 1. The van der Waals surface area contributed by atoms with Crippen LogP contribution in [0.25, 0.3) is 0 Å². The molecule has 0 aromatic rings. The molecule has 2 atom stereocenters. The monoisotopic (exact) mass is 242 g/mol. The molecule has 1 N–H and O–H groups in total. The highest BCUT2D eigenvalue weighted by Gasteiger charge is 2.39. The molecule has 0 radical (unpaired) electrons. The van der Waals surface area contributed by atoms with Crippen molar-refractivity contribution in [3.8, 4) is 0 Å². The molecule has 0 bridgehead atoms. The molecule has 0 aromatic heterocycles. The molecular formula is C14H30N2O. The molecule has 102 valence electrons. The topological polar surface area (TPSA) is 24.5 Å². The summed E-state index contributed by atoms with van der Waals surface area (Å²) in [7, 11) is 2.03. The fourth-order valence-corrected chi connectivity index (χ4v) is 2.94. The van der Waals surface area contributed by atoms with E-state index in [-0.39, 0.29) is 11.2 Å². The normalized spacial score (nSPS) is 27.7. The summed E-state index contributed by atoms with van der Waals surface area (Å²) >= 11 is 0. The number of ether oxygens (including phenoxy) is 1. The van der Waals surface area contributed by atoms with Crippen LogP contribution in [-0.2, 0) is 4.74 Å². The molecule has 3 heteroatoms. The maximum absolute atomic E-state index is 6.12. The van der Waals surface area contributed by atoms with Crippen molar-refractivity contribution in [2.75, 3.05) is 20.1 Å². The molecule has 17 heavy (non-hydrogen) atoms. The summed E-state index contributed by atoms with van der Waals surface area (Å²) in [4.78, 5) is 2.57. The van der Waals surface area contributed by atoms with Gasteiger partial charge in [-0.1, -0.05) is 0 Å². The fourth-order valence-electron chi connectivity index (χ4n) is 2.94. The second-order valence-electron chi connectivity index (χ2n) is 6.80. The van der Waals surface area contributed by atoms with Gasteiger partial charge >= 0.3 is 0 Å². The number of morpholine rings is 1. The number of rotatable bonds is 4. The van der Waals surface area contributed by atoms with Crippen LogP contribution in [-0.4, -0.2) is 48.3 Å². The minimum Gasteiger partial charge on any atom is -0.367 e. The third-order valence-electron chi connectivity index (χ3n) is 3.53. The lowest BCUT2D eigenvalue weighted by Crippen LogP contribution is -2.59. The summed E-state index contributed by atoms with van der Waals surface area (Å²) in [5, 5.41) is 3.32. The summed E-state index contributed by atoms with van der Waals surface area (Å²) in [5.41, 5.74) is -0.0855. The summed E-state index contributed by atoms with van der Waals surface area (Å²) < 4.78 is 6.12. The Bertz CT molecular complexity index is 235. The Morgan fingerprint density at radius 3 is 2.00 bits per heavy atom. The Hall–Kier alpha value is -0.120. The van der Waals surface area contributed by atoms with Gasteiger partial charge in [-0.2, -0.15) is 0 Å². The summed E-state index contributed by atoms with van der Waals surface area (Å²) in [5.74, 6) is 0. The molecule has 1 fully saturated rings. The molecule has 1 rings (SSSR count). The first kappa shape index (κ1) is 14.9. The zero-order valence-corrected chi connectivity index (χ0v) is 12.6. The van der Waals surface area contributed by atoms with Crippen LogP contribution in [0.3, 0.4) is 0 Å². The second-order valence-corrected chi connectivity index (χ2v) is 6.80. The lowest BCUT2D eigenvalue weighted by Gasteiger charge is -2.49. The van der Waals surface area contributed by atoms with Crippen LogP contribution in [0.4, 0.5) is 0 Å². The minimum absolute atomic E-state index is 0.0428. The van der Waals surface area contributed by atoms with Crippen LogP contribution < -0.4 is 5.32 Å². The van der Waals surface area contributed by atoms with E-state index in [4.69, 9.17) is 4.74 Å². The zero-order valence-electron chi connectivity index (χ0n) is 12.6. The van der Waals surface area contributed by atoms with Crippen molar-refractivity contribution in [2.24, 2.45) is 0 Å². The molecule has 1 aliphatic rings.